The molecule has 2 rings (SSSR count). The number of carbonyl (C=O) groups is 5. The van der Waals surface area contributed by atoms with Gasteiger partial charge < -0.3 is 26.6 Å². The lowest BCUT2D eigenvalue weighted by Crippen LogP contribution is -2.58. The smallest absolute Gasteiger partial charge is 0.246 e. The highest BCUT2D eigenvalue weighted by molar-refractivity contribution is 5.95. The normalized spacial score (nSPS) is 17.7. The van der Waals surface area contributed by atoms with Crippen LogP contribution >= 0.6 is 0 Å². The highest BCUT2D eigenvalue weighted by Crippen LogP contribution is 2.21. The third-order valence-corrected chi connectivity index (χ3v) is 6.41. The Kier molecular flexibility index (Phi) is 11.1. The van der Waals surface area contributed by atoms with Gasteiger partial charge in [-0.1, -0.05) is 58.0 Å². The van der Waals surface area contributed by atoms with Crippen LogP contribution in [0.1, 0.15) is 59.4 Å². The summed E-state index contributed by atoms with van der Waals surface area (Å²) in [5.74, 6) is -2.32. The third kappa shape index (κ3) is 8.87. The van der Waals surface area contributed by atoms with Crippen molar-refractivity contribution in [1.29, 1.82) is 0 Å². The molecular weight excluding hydrogens is 474 g/mol. The highest BCUT2D eigenvalue weighted by Gasteiger charge is 2.39. The Morgan fingerprint density at radius 3 is 2.16 bits per heavy atom. The molecule has 5 N–H and O–H groups in total. The van der Waals surface area contributed by atoms with Gasteiger partial charge in [-0.2, -0.15) is 0 Å². The van der Waals surface area contributed by atoms with E-state index in [-0.39, 0.29) is 30.1 Å². The van der Waals surface area contributed by atoms with Gasteiger partial charge in [0.25, 0.3) is 0 Å². The molecule has 5 amide bonds. The maximum absolute atomic E-state index is 13.8. The number of amides is 5. The largest absolute Gasteiger partial charge is 0.368 e. The number of nitrogens with zero attached hydrogens (tertiary/aromatic N) is 1. The molecule has 1 fully saturated rings. The Labute approximate surface area is 219 Å². The number of nitrogens with two attached hydrogens (primary N) is 1. The summed E-state index contributed by atoms with van der Waals surface area (Å²) < 4.78 is 0. The molecule has 0 bridgehead atoms. The third-order valence-electron chi connectivity index (χ3n) is 6.41. The Bertz CT molecular complexity index is 965. The maximum atomic E-state index is 13.8. The van der Waals surface area contributed by atoms with E-state index in [9.17, 15) is 24.0 Å². The average molecular weight is 516 g/mol. The minimum Gasteiger partial charge on any atom is -0.368 e. The molecule has 0 radical (unpaired) electrons. The zero-order chi connectivity index (χ0) is 27.7. The zero-order valence-corrected chi connectivity index (χ0v) is 22.5. The molecule has 0 aliphatic carbocycles. The van der Waals surface area contributed by atoms with Gasteiger partial charge in [-0.25, -0.2) is 0 Å². The zero-order valence-electron chi connectivity index (χ0n) is 22.5. The van der Waals surface area contributed by atoms with Gasteiger partial charge in [-0.3, -0.25) is 24.0 Å². The van der Waals surface area contributed by atoms with Gasteiger partial charge in [0, 0.05) is 19.9 Å². The van der Waals surface area contributed by atoms with Crippen molar-refractivity contribution in [2.45, 2.75) is 84.5 Å². The molecule has 1 aromatic carbocycles. The minimum atomic E-state index is -0.941. The van der Waals surface area contributed by atoms with Gasteiger partial charge in [0.1, 0.15) is 24.2 Å². The Balaban J connectivity index is 2.28. The van der Waals surface area contributed by atoms with E-state index in [1.165, 1.54) is 11.8 Å². The molecule has 1 saturated heterocycles. The molecule has 4 atom stereocenters. The number of hydrogen-bond acceptors (Lipinski definition) is 5. The van der Waals surface area contributed by atoms with Gasteiger partial charge in [0.15, 0.2) is 0 Å². The summed E-state index contributed by atoms with van der Waals surface area (Å²) in [5.41, 5.74) is 6.30. The quantitative estimate of drug-likeness (QED) is 0.326. The molecule has 204 valence electrons. The lowest BCUT2D eigenvalue weighted by Gasteiger charge is -2.31. The summed E-state index contributed by atoms with van der Waals surface area (Å²) >= 11 is 0. The number of carbonyl (C=O) groups excluding carboxylic acids is 5. The first-order chi connectivity index (χ1) is 17.4. The van der Waals surface area contributed by atoms with E-state index in [0.717, 1.165) is 5.56 Å². The predicted molar refractivity (Wildman–Crippen MR) is 140 cm³/mol. The topological polar surface area (TPSA) is 151 Å². The second kappa shape index (κ2) is 13.8. The minimum absolute atomic E-state index is 0.136. The molecule has 1 aliphatic rings. The number of nitrogens with one attached hydrogen (secondary N) is 3. The Morgan fingerprint density at radius 2 is 1.62 bits per heavy atom. The van der Waals surface area contributed by atoms with Crippen molar-refractivity contribution in [2.24, 2.45) is 17.6 Å². The molecule has 37 heavy (non-hydrogen) atoms. The van der Waals surface area contributed by atoms with Crippen molar-refractivity contribution in [3.8, 4) is 0 Å². The number of benzene rings is 1. The van der Waals surface area contributed by atoms with Crippen molar-refractivity contribution in [1.82, 2.24) is 20.9 Å². The second-order valence-electron chi connectivity index (χ2n) is 10.5. The molecule has 10 nitrogen and oxygen atoms in total. The fourth-order valence-corrected chi connectivity index (χ4v) is 4.59. The predicted octanol–water partition coefficient (Wildman–Crippen LogP) is 0.882. The number of rotatable bonds is 12. The Morgan fingerprint density at radius 1 is 0.973 bits per heavy atom. The lowest BCUT2D eigenvalue weighted by molar-refractivity contribution is -0.142. The van der Waals surface area contributed by atoms with E-state index >= 15 is 0 Å². The van der Waals surface area contributed by atoms with Crippen LogP contribution in [0.4, 0.5) is 0 Å². The fraction of sp³-hybridized carbons (Fsp3) is 0.593. The van der Waals surface area contributed by atoms with E-state index in [1.54, 1.807) is 13.8 Å². The first-order valence-corrected chi connectivity index (χ1v) is 12.9. The van der Waals surface area contributed by atoms with Crippen molar-refractivity contribution in [3.63, 3.8) is 0 Å². The van der Waals surface area contributed by atoms with Crippen molar-refractivity contribution < 1.29 is 24.0 Å². The van der Waals surface area contributed by atoms with Crippen molar-refractivity contribution in [2.75, 3.05) is 6.54 Å². The van der Waals surface area contributed by atoms with Crippen LogP contribution in [-0.2, 0) is 30.4 Å². The molecule has 0 spiro atoms. The maximum Gasteiger partial charge on any atom is 0.246 e. The van der Waals surface area contributed by atoms with Gasteiger partial charge >= 0.3 is 0 Å². The summed E-state index contributed by atoms with van der Waals surface area (Å²) in [6.45, 7) is 9.14. The van der Waals surface area contributed by atoms with Gasteiger partial charge in [-0.05, 0) is 36.7 Å². The molecular formula is C27H41N5O5. The molecule has 1 aliphatic heterocycles. The van der Waals surface area contributed by atoms with E-state index in [4.69, 9.17) is 5.73 Å². The number of likely N-dealkylation sites (tertiary alicyclic amines) is 1. The van der Waals surface area contributed by atoms with Crippen LogP contribution in [0.5, 0.6) is 0 Å². The summed E-state index contributed by atoms with van der Waals surface area (Å²) in [4.78, 5) is 65.1. The SMILES string of the molecule is CC(=O)NC(CC(C)C)C(=O)NC(Cc1ccccc1)C(=O)N1CCCC1C(=O)NC(C(N)=O)C(C)C. The molecule has 10 heteroatoms. The van der Waals surface area contributed by atoms with Crippen molar-refractivity contribution in [3.05, 3.63) is 35.9 Å². The van der Waals surface area contributed by atoms with Gasteiger partial charge in [0.2, 0.25) is 29.5 Å². The average Bonchev–Trinajstić information content (AvgIpc) is 3.30. The van der Waals surface area contributed by atoms with Crippen LogP contribution in [0.3, 0.4) is 0 Å². The van der Waals surface area contributed by atoms with Gasteiger partial charge in [-0.15, -0.1) is 0 Å². The number of primary amides is 1. The molecule has 1 heterocycles. The van der Waals surface area contributed by atoms with Gasteiger partial charge in [0.05, 0.1) is 0 Å². The molecule has 1 aromatic rings. The molecule has 0 aromatic heterocycles. The van der Waals surface area contributed by atoms with Crippen LogP contribution in [0, 0.1) is 11.8 Å². The van der Waals surface area contributed by atoms with E-state index in [0.29, 0.717) is 25.8 Å². The first kappa shape index (κ1) is 29.8. The van der Waals surface area contributed by atoms with Crippen LogP contribution in [0.15, 0.2) is 30.3 Å². The summed E-state index contributed by atoms with van der Waals surface area (Å²) in [6, 6.07) is 5.93. The standard InChI is InChI=1S/C27H41N5O5/c1-16(2)14-20(29-18(5)33)25(35)30-21(15-19-10-7-6-8-11-19)27(37)32-13-9-12-22(32)26(36)31-23(17(3)4)24(28)34/h6-8,10-11,16-17,20-23H,9,12-15H2,1-5H3,(H2,28,34)(H,29,33)(H,30,35)(H,31,36). The monoisotopic (exact) mass is 515 g/mol. The highest BCUT2D eigenvalue weighted by atomic mass is 16.2. The first-order valence-electron chi connectivity index (χ1n) is 12.9. The van der Waals surface area contributed by atoms with Crippen molar-refractivity contribution >= 4 is 29.5 Å². The summed E-state index contributed by atoms with van der Waals surface area (Å²) in [6.07, 6.45) is 1.69. The van der Waals surface area contributed by atoms with Crippen LogP contribution in [0.25, 0.3) is 0 Å². The van der Waals surface area contributed by atoms with E-state index in [1.807, 2.05) is 44.2 Å². The second-order valence-corrected chi connectivity index (χ2v) is 10.5. The fourth-order valence-electron chi connectivity index (χ4n) is 4.59. The molecule has 4 unspecified atom stereocenters. The summed E-state index contributed by atoms with van der Waals surface area (Å²) in [5, 5.41) is 8.20. The van der Waals surface area contributed by atoms with E-state index in [2.05, 4.69) is 16.0 Å². The van der Waals surface area contributed by atoms with Crippen LogP contribution < -0.4 is 21.7 Å². The Hall–Kier alpha value is -3.43. The number of hydrogen-bond donors (Lipinski definition) is 4. The lowest BCUT2D eigenvalue weighted by atomic mass is 10.0. The molecule has 0 saturated carbocycles. The van der Waals surface area contributed by atoms with Crippen LogP contribution in [-0.4, -0.2) is 65.1 Å². The van der Waals surface area contributed by atoms with E-state index < -0.39 is 41.9 Å². The van der Waals surface area contributed by atoms with Crippen LogP contribution in [0.2, 0.25) is 0 Å². The summed E-state index contributed by atoms with van der Waals surface area (Å²) in [7, 11) is 0.